The second-order valence-corrected chi connectivity index (χ2v) is 6.68. The van der Waals surface area contributed by atoms with Crippen LogP contribution in [0.2, 0.25) is 5.02 Å². The predicted octanol–water partition coefficient (Wildman–Crippen LogP) is 1.57. The number of carbonyl (C=O) groups is 1. The van der Waals surface area contributed by atoms with E-state index in [9.17, 15) is 13.2 Å². The van der Waals surface area contributed by atoms with Crippen molar-refractivity contribution >= 4 is 27.5 Å². The lowest BCUT2D eigenvalue weighted by atomic mass is 10.2. The first-order chi connectivity index (χ1) is 10.4. The number of hydrogen-bond acceptors (Lipinski definition) is 4. The summed E-state index contributed by atoms with van der Waals surface area (Å²) in [6.07, 6.45) is 3.24. The summed E-state index contributed by atoms with van der Waals surface area (Å²) in [5.74, 6) is -0.449. The molecular formula is C14H14ClN3O3S. The first-order valence-corrected chi connectivity index (χ1v) is 8.20. The van der Waals surface area contributed by atoms with Gasteiger partial charge in [-0.3, -0.25) is 9.78 Å². The van der Waals surface area contributed by atoms with Crippen LogP contribution in [0.25, 0.3) is 0 Å². The van der Waals surface area contributed by atoms with E-state index in [2.05, 4.69) is 15.0 Å². The summed E-state index contributed by atoms with van der Waals surface area (Å²) in [5.41, 5.74) is 0.977. The Bertz CT molecular complexity index is 779. The molecule has 0 saturated carbocycles. The molecule has 6 nitrogen and oxygen atoms in total. The van der Waals surface area contributed by atoms with Gasteiger partial charge in [0.15, 0.2) is 0 Å². The lowest BCUT2D eigenvalue weighted by molar-refractivity contribution is 0.0951. The fraction of sp³-hybridized carbons (Fsp3) is 0.143. The molecule has 2 N–H and O–H groups in total. The number of rotatable bonds is 5. The average molecular weight is 340 g/mol. The number of carbonyl (C=O) groups excluding carboxylic acids is 1. The van der Waals surface area contributed by atoms with Gasteiger partial charge in [0.1, 0.15) is 0 Å². The van der Waals surface area contributed by atoms with Crippen LogP contribution in [0.15, 0.2) is 47.6 Å². The first-order valence-electron chi connectivity index (χ1n) is 6.34. The minimum absolute atomic E-state index is 0.0199. The van der Waals surface area contributed by atoms with Gasteiger partial charge >= 0.3 is 0 Å². The van der Waals surface area contributed by atoms with Gasteiger partial charge in [0.2, 0.25) is 10.0 Å². The maximum atomic E-state index is 12.2. The second kappa shape index (κ2) is 6.87. The highest BCUT2D eigenvalue weighted by Gasteiger charge is 2.17. The van der Waals surface area contributed by atoms with Crippen molar-refractivity contribution in [2.45, 2.75) is 11.4 Å². The molecule has 0 unspecified atom stereocenters. The van der Waals surface area contributed by atoms with E-state index in [1.54, 1.807) is 24.5 Å². The van der Waals surface area contributed by atoms with E-state index >= 15 is 0 Å². The van der Waals surface area contributed by atoms with Crippen LogP contribution in [0.3, 0.4) is 0 Å². The van der Waals surface area contributed by atoms with Gasteiger partial charge in [0.25, 0.3) is 5.91 Å². The Kier molecular flexibility index (Phi) is 5.12. The number of halogens is 1. The Morgan fingerprint density at radius 1 is 1.23 bits per heavy atom. The highest BCUT2D eigenvalue weighted by Crippen LogP contribution is 2.20. The molecule has 1 amide bonds. The lowest BCUT2D eigenvalue weighted by Gasteiger charge is -2.09. The van der Waals surface area contributed by atoms with Crippen LogP contribution in [0.1, 0.15) is 15.9 Å². The topological polar surface area (TPSA) is 88.2 Å². The maximum Gasteiger partial charge on any atom is 0.253 e. The van der Waals surface area contributed by atoms with Gasteiger partial charge in [-0.25, -0.2) is 13.1 Å². The number of hydrogen-bond donors (Lipinski definition) is 2. The largest absolute Gasteiger partial charge is 0.348 e. The van der Waals surface area contributed by atoms with Crippen LogP contribution in [-0.4, -0.2) is 26.4 Å². The molecule has 1 aromatic heterocycles. The van der Waals surface area contributed by atoms with Crippen LogP contribution in [-0.2, 0) is 16.6 Å². The van der Waals surface area contributed by atoms with Gasteiger partial charge < -0.3 is 5.32 Å². The molecular weight excluding hydrogens is 326 g/mol. The van der Waals surface area contributed by atoms with Crippen LogP contribution >= 0.6 is 11.6 Å². The minimum Gasteiger partial charge on any atom is -0.348 e. The molecule has 0 aliphatic rings. The Labute approximate surface area is 133 Å². The summed E-state index contributed by atoms with van der Waals surface area (Å²) in [7, 11) is -2.34. The zero-order chi connectivity index (χ0) is 16.2. The van der Waals surface area contributed by atoms with Crippen LogP contribution < -0.4 is 10.0 Å². The quantitative estimate of drug-likeness (QED) is 0.865. The standard InChI is InChI=1S/C14H14ClN3O3S/c1-16-22(20,21)11-2-3-13(15)12(8-11)14(19)18-9-10-4-6-17-7-5-10/h2-8,16H,9H2,1H3,(H,18,19). The van der Waals surface area contributed by atoms with Crippen molar-refractivity contribution in [2.75, 3.05) is 7.05 Å². The molecule has 1 aromatic carbocycles. The van der Waals surface area contributed by atoms with E-state index < -0.39 is 15.9 Å². The fourth-order valence-electron chi connectivity index (χ4n) is 1.74. The van der Waals surface area contributed by atoms with E-state index in [1.165, 1.54) is 25.2 Å². The van der Waals surface area contributed by atoms with Crippen molar-refractivity contribution in [3.05, 3.63) is 58.9 Å². The monoisotopic (exact) mass is 339 g/mol. The Hall–Kier alpha value is -1.96. The third kappa shape index (κ3) is 3.82. The van der Waals surface area contributed by atoms with E-state index in [-0.39, 0.29) is 15.5 Å². The van der Waals surface area contributed by atoms with Gasteiger partial charge in [-0.2, -0.15) is 0 Å². The van der Waals surface area contributed by atoms with E-state index in [1.807, 2.05) is 0 Å². The highest BCUT2D eigenvalue weighted by molar-refractivity contribution is 7.89. The molecule has 0 fully saturated rings. The molecule has 2 aromatic rings. The summed E-state index contributed by atoms with van der Waals surface area (Å²) < 4.78 is 25.7. The number of aromatic nitrogens is 1. The smallest absolute Gasteiger partial charge is 0.253 e. The molecule has 2 rings (SSSR count). The summed E-state index contributed by atoms with van der Waals surface area (Å²) in [4.78, 5) is 16.0. The zero-order valence-corrected chi connectivity index (χ0v) is 13.3. The molecule has 116 valence electrons. The van der Waals surface area contributed by atoms with Gasteiger partial charge in [-0.15, -0.1) is 0 Å². The fourth-order valence-corrected chi connectivity index (χ4v) is 2.70. The van der Waals surface area contributed by atoms with Crippen LogP contribution in [0.5, 0.6) is 0 Å². The molecule has 0 aliphatic carbocycles. The van der Waals surface area contributed by atoms with E-state index in [0.717, 1.165) is 5.56 Å². The van der Waals surface area contributed by atoms with Crippen molar-refractivity contribution < 1.29 is 13.2 Å². The van der Waals surface area contributed by atoms with Crippen LogP contribution in [0.4, 0.5) is 0 Å². The lowest BCUT2D eigenvalue weighted by Crippen LogP contribution is -2.24. The number of nitrogens with zero attached hydrogens (tertiary/aromatic N) is 1. The maximum absolute atomic E-state index is 12.2. The van der Waals surface area contributed by atoms with Crippen molar-refractivity contribution in [1.29, 1.82) is 0 Å². The average Bonchev–Trinajstić information content (AvgIpc) is 2.53. The highest BCUT2D eigenvalue weighted by atomic mass is 35.5. The Morgan fingerprint density at radius 3 is 2.55 bits per heavy atom. The minimum atomic E-state index is -3.63. The van der Waals surface area contributed by atoms with E-state index in [4.69, 9.17) is 11.6 Å². The molecule has 0 bridgehead atoms. The first kappa shape index (κ1) is 16.4. The summed E-state index contributed by atoms with van der Waals surface area (Å²) in [6.45, 7) is 0.292. The molecule has 22 heavy (non-hydrogen) atoms. The molecule has 8 heteroatoms. The van der Waals surface area contributed by atoms with Crippen molar-refractivity contribution in [3.8, 4) is 0 Å². The summed E-state index contributed by atoms with van der Waals surface area (Å²) in [6, 6.07) is 7.50. The SMILES string of the molecule is CNS(=O)(=O)c1ccc(Cl)c(C(=O)NCc2ccncc2)c1. The van der Waals surface area contributed by atoms with Crippen molar-refractivity contribution in [2.24, 2.45) is 0 Å². The molecule has 0 aliphatic heterocycles. The normalized spacial score (nSPS) is 11.2. The third-order valence-electron chi connectivity index (χ3n) is 2.96. The molecule has 0 spiro atoms. The predicted molar refractivity (Wildman–Crippen MR) is 83.1 cm³/mol. The number of pyridine rings is 1. The van der Waals surface area contributed by atoms with Crippen LogP contribution in [0, 0.1) is 0 Å². The van der Waals surface area contributed by atoms with Gasteiger partial charge in [0, 0.05) is 18.9 Å². The van der Waals surface area contributed by atoms with Gasteiger partial charge in [-0.05, 0) is 42.9 Å². The van der Waals surface area contributed by atoms with E-state index in [0.29, 0.717) is 6.54 Å². The number of nitrogens with one attached hydrogen (secondary N) is 2. The second-order valence-electron chi connectivity index (χ2n) is 4.39. The summed E-state index contributed by atoms with van der Waals surface area (Å²) >= 11 is 5.98. The molecule has 0 saturated heterocycles. The van der Waals surface area contributed by atoms with Gasteiger partial charge in [0.05, 0.1) is 15.5 Å². The third-order valence-corrected chi connectivity index (χ3v) is 4.71. The van der Waals surface area contributed by atoms with Crippen molar-refractivity contribution in [3.63, 3.8) is 0 Å². The Balaban J connectivity index is 2.20. The number of sulfonamides is 1. The number of benzene rings is 1. The Morgan fingerprint density at radius 2 is 1.91 bits per heavy atom. The molecule has 0 atom stereocenters. The van der Waals surface area contributed by atoms with Gasteiger partial charge in [-0.1, -0.05) is 11.6 Å². The van der Waals surface area contributed by atoms with Crippen molar-refractivity contribution in [1.82, 2.24) is 15.0 Å². The zero-order valence-electron chi connectivity index (χ0n) is 11.7. The molecule has 1 heterocycles. The molecule has 0 radical (unpaired) electrons. The summed E-state index contributed by atoms with van der Waals surface area (Å²) in [5, 5.41) is 2.87. The number of amides is 1.